The van der Waals surface area contributed by atoms with Gasteiger partial charge in [-0.05, 0) is 26.2 Å². The van der Waals surface area contributed by atoms with Crippen molar-refractivity contribution in [1.82, 2.24) is 15.1 Å². The number of nitrogens with one attached hydrogen (secondary N) is 1. The van der Waals surface area contributed by atoms with E-state index in [1.807, 2.05) is 7.05 Å². The standard InChI is InChI=1S/C14H27N3O2/c1-6-12-11(13(19-5)17(4)16-12)10-15-14(3,7-2)8-9-18/h15,18H,6-10H2,1-5H3. The third-order valence-corrected chi connectivity index (χ3v) is 3.84. The maximum Gasteiger partial charge on any atom is 0.216 e. The number of aliphatic hydroxyl groups is 1. The van der Waals surface area contributed by atoms with Crippen LogP contribution < -0.4 is 10.1 Å². The fourth-order valence-corrected chi connectivity index (χ4v) is 2.26. The van der Waals surface area contributed by atoms with Crippen molar-refractivity contribution >= 4 is 0 Å². The van der Waals surface area contributed by atoms with Gasteiger partial charge in [-0.25, -0.2) is 4.68 Å². The van der Waals surface area contributed by atoms with Crippen molar-refractivity contribution in [3.8, 4) is 5.88 Å². The third-order valence-electron chi connectivity index (χ3n) is 3.84. The lowest BCUT2D eigenvalue weighted by molar-refractivity contribution is 0.214. The first kappa shape index (κ1) is 16.0. The minimum Gasteiger partial charge on any atom is -0.481 e. The molecule has 0 aliphatic heterocycles. The predicted molar refractivity (Wildman–Crippen MR) is 76.4 cm³/mol. The molecule has 0 spiro atoms. The van der Waals surface area contributed by atoms with E-state index in [0.29, 0.717) is 6.54 Å². The number of nitrogens with zero attached hydrogens (tertiary/aromatic N) is 2. The predicted octanol–water partition coefficient (Wildman–Crippen LogP) is 1.63. The molecule has 0 aromatic carbocycles. The molecule has 0 saturated heterocycles. The molecule has 19 heavy (non-hydrogen) atoms. The number of ether oxygens (including phenoxy) is 1. The lowest BCUT2D eigenvalue weighted by Gasteiger charge is -2.29. The molecule has 0 aliphatic carbocycles. The highest BCUT2D eigenvalue weighted by atomic mass is 16.5. The largest absolute Gasteiger partial charge is 0.481 e. The lowest BCUT2D eigenvalue weighted by Crippen LogP contribution is -2.42. The summed E-state index contributed by atoms with van der Waals surface area (Å²) < 4.78 is 7.21. The van der Waals surface area contributed by atoms with Crippen molar-refractivity contribution in [2.45, 2.75) is 52.1 Å². The number of methoxy groups -OCH3 is 1. The van der Waals surface area contributed by atoms with E-state index in [1.165, 1.54) is 0 Å². The summed E-state index contributed by atoms with van der Waals surface area (Å²) in [6.07, 6.45) is 2.60. The number of aliphatic hydroxyl groups excluding tert-OH is 1. The molecular weight excluding hydrogens is 242 g/mol. The third kappa shape index (κ3) is 3.70. The van der Waals surface area contributed by atoms with Gasteiger partial charge in [0.25, 0.3) is 0 Å². The molecule has 1 aromatic heterocycles. The monoisotopic (exact) mass is 269 g/mol. The highest BCUT2D eigenvalue weighted by molar-refractivity contribution is 5.31. The van der Waals surface area contributed by atoms with E-state index in [-0.39, 0.29) is 12.1 Å². The van der Waals surface area contributed by atoms with Gasteiger partial charge >= 0.3 is 0 Å². The molecule has 2 N–H and O–H groups in total. The zero-order valence-corrected chi connectivity index (χ0v) is 12.8. The molecule has 1 aromatic rings. The van der Waals surface area contributed by atoms with Crippen LogP contribution in [-0.2, 0) is 20.0 Å². The Hall–Kier alpha value is -1.07. The highest BCUT2D eigenvalue weighted by Crippen LogP contribution is 2.23. The van der Waals surface area contributed by atoms with E-state index in [9.17, 15) is 0 Å². The molecule has 1 rings (SSSR count). The van der Waals surface area contributed by atoms with Gasteiger partial charge in [0.15, 0.2) is 0 Å². The molecule has 5 heteroatoms. The van der Waals surface area contributed by atoms with E-state index < -0.39 is 0 Å². The second-order valence-electron chi connectivity index (χ2n) is 5.15. The van der Waals surface area contributed by atoms with Crippen LogP contribution in [0.15, 0.2) is 0 Å². The first-order chi connectivity index (χ1) is 9.01. The number of rotatable bonds is 8. The normalized spacial score (nSPS) is 14.4. The van der Waals surface area contributed by atoms with Gasteiger partial charge in [-0.15, -0.1) is 0 Å². The van der Waals surface area contributed by atoms with Gasteiger partial charge < -0.3 is 15.2 Å². The van der Waals surface area contributed by atoms with Crippen LogP contribution in [0, 0.1) is 0 Å². The Labute approximate surface area is 116 Å². The average molecular weight is 269 g/mol. The van der Waals surface area contributed by atoms with E-state index in [0.717, 1.165) is 36.4 Å². The molecule has 110 valence electrons. The fraction of sp³-hybridized carbons (Fsp3) is 0.786. The van der Waals surface area contributed by atoms with E-state index in [4.69, 9.17) is 9.84 Å². The van der Waals surface area contributed by atoms with Crippen LogP contribution in [-0.4, -0.2) is 34.1 Å². The summed E-state index contributed by atoms with van der Waals surface area (Å²) in [7, 11) is 3.57. The second-order valence-corrected chi connectivity index (χ2v) is 5.15. The van der Waals surface area contributed by atoms with Crippen LogP contribution in [0.4, 0.5) is 0 Å². The lowest BCUT2D eigenvalue weighted by atomic mass is 9.94. The maximum absolute atomic E-state index is 9.15. The van der Waals surface area contributed by atoms with Gasteiger partial charge in [0.05, 0.1) is 18.4 Å². The first-order valence-corrected chi connectivity index (χ1v) is 6.96. The zero-order valence-electron chi connectivity index (χ0n) is 12.8. The van der Waals surface area contributed by atoms with Crippen molar-refractivity contribution in [1.29, 1.82) is 0 Å². The van der Waals surface area contributed by atoms with Crippen LogP contribution in [0.5, 0.6) is 5.88 Å². The van der Waals surface area contributed by atoms with Crippen LogP contribution >= 0.6 is 0 Å². The Balaban J connectivity index is 2.87. The average Bonchev–Trinajstić information content (AvgIpc) is 2.72. The first-order valence-electron chi connectivity index (χ1n) is 6.96. The maximum atomic E-state index is 9.15. The smallest absolute Gasteiger partial charge is 0.216 e. The highest BCUT2D eigenvalue weighted by Gasteiger charge is 2.23. The molecule has 0 amide bonds. The Bertz CT molecular complexity index is 404. The topological polar surface area (TPSA) is 59.3 Å². The van der Waals surface area contributed by atoms with Crippen LogP contribution in [0.3, 0.4) is 0 Å². The number of hydrogen-bond acceptors (Lipinski definition) is 4. The quantitative estimate of drug-likeness (QED) is 0.753. The summed E-state index contributed by atoms with van der Waals surface area (Å²) in [4.78, 5) is 0. The number of hydrogen-bond donors (Lipinski definition) is 2. The summed E-state index contributed by atoms with van der Waals surface area (Å²) in [5.74, 6) is 0.812. The van der Waals surface area contributed by atoms with Gasteiger partial charge in [-0.3, -0.25) is 0 Å². The Morgan fingerprint density at radius 2 is 2.11 bits per heavy atom. The van der Waals surface area contributed by atoms with Gasteiger partial charge in [0.1, 0.15) is 0 Å². The van der Waals surface area contributed by atoms with Crippen molar-refractivity contribution < 1.29 is 9.84 Å². The van der Waals surface area contributed by atoms with Gasteiger partial charge in [-0.1, -0.05) is 13.8 Å². The summed E-state index contributed by atoms with van der Waals surface area (Å²) >= 11 is 0. The second kappa shape index (κ2) is 6.91. The number of aryl methyl sites for hydroxylation is 2. The van der Waals surface area contributed by atoms with Crippen LogP contribution in [0.1, 0.15) is 44.9 Å². The van der Waals surface area contributed by atoms with Crippen LogP contribution in [0.25, 0.3) is 0 Å². The van der Waals surface area contributed by atoms with Crippen LogP contribution in [0.2, 0.25) is 0 Å². The molecule has 0 saturated carbocycles. The van der Waals surface area contributed by atoms with E-state index >= 15 is 0 Å². The minimum absolute atomic E-state index is 0.0549. The zero-order chi connectivity index (χ0) is 14.5. The summed E-state index contributed by atoms with van der Waals surface area (Å²) in [5.41, 5.74) is 2.13. The summed E-state index contributed by atoms with van der Waals surface area (Å²) in [5, 5.41) is 17.2. The molecule has 0 bridgehead atoms. The molecule has 0 fully saturated rings. The van der Waals surface area contributed by atoms with Crippen molar-refractivity contribution in [3.05, 3.63) is 11.3 Å². The molecule has 1 atom stereocenters. The Kier molecular flexibility index (Phi) is 5.82. The summed E-state index contributed by atoms with van der Waals surface area (Å²) in [6.45, 7) is 7.27. The Morgan fingerprint density at radius 1 is 1.42 bits per heavy atom. The SMILES string of the molecule is CCc1nn(C)c(OC)c1CNC(C)(CC)CCO. The molecule has 1 heterocycles. The van der Waals surface area contributed by atoms with Crippen molar-refractivity contribution in [2.24, 2.45) is 7.05 Å². The molecule has 0 aliphatic rings. The van der Waals surface area contributed by atoms with Crippen molar-refractivity contribution in [2.75, 3.05) is 13.7 Å². The molecule has 1 unspecified atom stereocenters. The van der Waals surface area contributed by atoms with E-state index in [1.54, 1.807) is 11.8 Å². The van der Waals surface area contributed by atoms with Gasteiger partial charge in [-0.2, -0.15) is 5.10 Å². The number of aromatic nitrogens is 2. The van der Waals surface area contributed by atoms with Gasteiger partial charge in [0.2, 0.25) is 5.88 Å². The fourth-order valence-electron chi connectivity index (χ4n) is 2.26. The van der Waals surface area contributed by atoms with Crippen molar-refractivity contribution in [3.63, 3.8) is 0 Å². The minimum atomic E-state index is -0.0549. The molecular formula is C14H27N3O2. The molecule has 5 nitrogen and oxygen atoms in total. The van der Waals surface area contributed by atoms with Gasteiger partial charge in [0, 0.05) is 25.7 Å². The van der Waals surface area contributed by atoms with E-state index in [2.05, 4.69) is 31.2 Å². The Morgan fingerprint density at radius 3 is 2.58 bits per heavy atom. The molecule has 0 radical (unpaired) electrons. The summed E-state index contributed by atoms with van der Waals surface area (Å²) in [6, 6.07) is 0.